The molecule has 2 aromatic rings. The van der Waals surface area contributed by atoms with Crippen molar-refractivity contribution in [2.75, 3.05) is 58.9 Å². The monoisotopic (exact) mass is 412 g/mol. The molecule has 2 aliphatic heterocycles. The lowest BCUT2D eigenvalue weighted by molar-refractivity contribution is -0.131. The third-order valence-electron chi connectivity index (χ3n) is 5.29. The number of fused-ring (bicyclic) bond motifs is 1. The number of hydrogen-bond acceptors (Lipinski definition) is 7. The van der Waals surface area contributed by atoms with Crippen LogP contribution < -0.4 is 19.1 Å². The van der Waals surface area contributed by atoms with Crippen molar-refractivity contribution in [3.8, 4) is 17.4 Å². The molecule has 3 heterocycles. The Kier molecular flexibility index (Phi) is 5.94. The van der Waals surface area contributed by atoms with Crippen molar-refractivity contribution in [3.63, 3.8) is 0 Å². The molecule has 160 valence electrons. The maximum Gasteiger partial charge on any atom is 0.236 e. The van der Waals surface area contributed by atoms with Crippen LogP contribution in [0, 0.1) is 0 Å². The Morgan fingerprint density at radius 3 is 2.87 bits per heavy atom. The molecule has 1 fully saturated rings. The number of nitrogens with zero attached hydrogens (tertiary/aromatic N) is 4. The molecule has 1 saturated heterocycles. The minimum atomic E-state index is -0.00484. The van der Waals surface area contributed by atoms with E-state index >= 15 is 0 Å². The summed E-state index contributed by atoms with van der Waals surface area (Å²) in [6.45, 7) is 3.10. The zero-order valence-electron chi connectivity index (χ0n) is 17.7. The summed E-state index contributed by atoms with van der Waals surface area (Å²) in [5.41, 5.74) is 1.92. The summed E-state index contributed by atoms with van der Waals surface area (Å²) in [6, 6.07) is 9.71. The number of likely N-dealkylation sites (tertiary alicyclic amines) is 1. The smallest absolute Gasteiger partial charge is 0.236 e. The molecule has 0 saturated carbocycles. The Labute approximate surface area is 176 Å². The molecule has 0 spiro atoms. The van der Waals surface area contributed by atoms with Gasteiger partial charge in [0, 0.05) is 25.1 Å². The van der Waals surface area contributed by atoms with Crippen LogP contribution in [0.1, 0.15) is 6.42 Å². The number of aromatic nitrogens is 1. The summed E-state index contributed by atoms with van der Waals surface area (Å²) in [7, 11) is 5.41. The fraction of sp³-hybridized carbons (Fsp3) is 0.455. The van der Waals surface area contributed by atoms with Gasteiger partial charge in [0.05, 0.1) is 44.3 Å². The molecule has 0 radical (unpaired) electrons. The third-order valence-corrected chi connectivity index (χ3v) is 5.29. The molecule has 2 aliphatic rings. The molecule has 0 N–H and O–H groups in total. The van der Waals surface area contributed by atoms with Crippen molar-refractivity contribution in [3.05, 3.63) is 36.5 Å². The van der Waals surface area contributed by atoms with E-state index in [0.29, 0.717) is 25.6 Å². The lowest BCUT2D eigenvalue weighted by atomic mass is 10.2. The first-order valence-electron chi connectivity index (χ1n) is 10.2. The summed E-state index contributed by atoms with van der Waals surface area (Å²) in [6.07, 6.45) is 2.63. The SMILES string of the molecule is COc1ccc(N2CCOc3ccc(OC4CCN(C(=O)CN(C)C)C4)cc32)cn1. The number of anilines is 2. The molecule has 8 nitrogen and oxygen atoms in total. The second-order valence-electron chi connectivity index (χ2n) is 7.79. The number of benzene rings is 1. The predicted molar refractivity (Wildman–Crippen MR) is 114 cm³/mol. The van der Waals surface area contributed by atoms with Crippen LogP contribution in [-0.2, 0) is 4.79 Å². The van der Waals surface area contributed by atoms with Gasteiger partial charge in [0.1, 0.15) is 24.2 Å². The van der Waals surface area contributed by atoms with Crippen molar-refractivity contribution in [2.24, 2.45) is 0 Å². The second-order valence-corrected chi connectivity index (χ2v) is 7.79. The van der Waals surface area contributed by atoms with Crippen molar-refractivity contribution >= 4 is 17.3 Å². The lowest BCUT2D eigenvalue weighted by Gasteiger charge is -2.31. The van der Waals surface area contributed by atoms with Gasteiger partial charge < -0.3 is 28.9 Å². The number of carbonyl (C=O) groups is 1. The van der Waals surface area contributed by atoms with Crippen molar-refractivity contribution in [1.29, 1.82) is 0 Å². The highest BCUT2D eigenvalue weighted by molar-refractivity contribution is 5.78. The summed E-state index contributed by atoms with van der Waals surface area (Å²) in [5, 5.41) is 0. The highest BCUT2D eigenvalue weighted by Crippen LogP contribution is 2.39. The van der Waals surface area contributed by atoms with E-state index in [9.17, 15) is 4.79 Å². The standard InChI is InChI=1S/C22H28N4O4/c1-24(2)15-22(27)25-9-8-18(14-25)30-17-5-6-20-19(12-17)26(10-11-29-20)16-4-7-21(28-3)23-13-16/h4-7,12-13,18H,8-11,14-15H2,1-3H3. The van der Waals surface area contributed by atoms with Gasteiger partial charge in [-0.3, -0.25) is 4.79 Å². The molecule has 1 unspecified atom stereocenters. The van der Waals surface area contributed by atoms with Crippen LogP contribution in [0.5, 0.6) is 17.4 Å². The summed E-state index contributed by atoms with van der Waals surface area (Å²) in [4.78, 5) is 22.5. The third kappa shape index (κ3) is 4.43. The Bertz CT molecular complexity index is 887. The van der Waals surface area contributed by atoms with E-state index in [1.165, 1.54) is 0 Å². The highest BCUT2D eigenvalue weighted by Gasteiger charge is 2.28. The van der Waals surface area contributed by atoms with E-state index < -0.39 is 0 Å². The van der Waals surface area contributed by atoms with Crippen LogP contribution in [0.4, 0.5) is 11.4 Å². The molecule has 1 amide bonds. The van der Waals surface area contributed by atoms with Gasteiger partial charge in [-0.1, -0.05) is 0 Å². The van der Waals surface area contributed by atoms with Gasteiger partial charge in [0.25, 0.3) is 0 Å². The first kappa shape index (κ1) is 20.3. The molecule has 30 heavy (non-hydrogen) atoms. The predicted octanol–water partition coefficient (Wildman–Crippen LogP) is 2.16. The van der Waals surface area contributed by atoms with Gasteiger partial charge in [0.15, 0.2) is 0 Å². The van der Waals surface area contributed by atoms with Crippen LogP contribution in [0.3, 0.4) is 0 Å². The number of methoxy groups -OCH3 is 1. The van der Waals surface area contributed by atoms with Crippen LogP contribution in [0.25, 0.3) is 0 Å². The van der Waals surface area contributed by atoms with Gasteiger partial charge >= 0.3 is 0 Å². The Morgan fingerprint density at radius 2 is 2.13 bits per heavy atom. The minimum absolute atomic E-state index is 0.00484. The number of rotatable bonds is 6. The average molecular weight is 412 g/mol. The first-order valence-corrected chi connectivity index (χ1v) is 10.2. The van der Waals surface area contributed by atoms with Gasteiger partial charge in [-0.15, -0.1) is 0 Å². The first-order chi connectivity index (χ1) is 14.5. The maximum absolute atomic E-state index is 12.3. The Morgan fingerprint density at radius 1 is 1.27 bits per heavy atom. The van der Waals surface area contributed by atoms with Gasteiger partial charge in [-0.05, 0) is 32.3 Å². The van der Waals surface area contributed by atoms with Crippen molar-refractivity contribution in [2.45, 2.75) is 12.5 Å². The van der Waals surface area contributed by atoms with Crippen LogP contribution in [0.15, 0.2) is 36.5 Å². The largest absolute Gasteiger partial charge is 0.490 e. The maximum atomic E-state index is 12.3. The van der Waals surface area contributed by atoms with Crippen LogP contribution in [-0.4, -0.2) is 80.8 Å². The molecule has 0 bridgehead atoms. The van der Waals surface area contributed by atoms with E-state index in [4.69, 9.17) is 14.2 Å². The van der Waals surface area contributed by atoms with Crippen LogP contribution in [0.2, 0.25) is 0 Å². The summed E-state index contributed by atoms with van der Waals surface area (Å²) < 4.78 is 17.2. The Hall–Kier alpha value is -3.00. The van der Waals surface area contributed by atoms with E-state index in [2.05, 4.69) is 9.88 Å². The quantitative estimate of drug-likeness (QED) is 0.720. The molecule has 4 rings (SSSR count). The number of likely N-dealkylation sites (N-methyl/N-ethyl adjacent to an activating group) is 1. The van der Waals surface area contributed by atoms with Gasteiger partial charge in [-0.2, -0.15) is 0 Å². The molecule has 8 heteroatoms. The normalized spacial score (nSPS) is 18.2. The topological polar surface area (TPSA) is 67.4 Å². The van der Waals surface area contributed by atoms with Crippen molar-refractivity contribution in [1.82, 2.24) is 14.8 Å². The van der Waals surface area contributed by atoms with Gasteiger partial charge in [0.2, 0.25) is 11.8 Å². The molecule has 1 aromatic carbocycles. The molecule has 1 atom stereocenters. The summed E-state index contributed by atoms with van der Waals surface area (Å²) in [5.74, 6) is 2.32. The van der Waals surface area contributed by atoms with Crippen molar-refractivity contribution < 1.29 is 19.0 Å². The van der Waals surface area contributed by atoms with Crippen LogP contribution >= 0.6 is 0 Å². The molecule has 1 aromatic heterocycles. The average Bonchev–Trinajstić information content (AvgIpc) is 3.21. The fourth-order valence-electron chi connectivity index (χ4n) is 3.81. The molecule has 0 aliphatic carbocycles. The number of pyridine rings is 1. The number of amides is 1. The van der Waals surface area contributed by atoms with E-state index in [1.54, 1.807) is 13.3 Å². The second kappa shape index (κ2) is 8.79. The minimum Gasteiger partial charge on any atom is -0.490 e. The van der Waals surface area contributed by atoms with E-state index in [0.717, 1.165) is 42.4 Å². The molecular formula is C22H28N4O4. The zero-order chi connectivity index (χ0) is 21.1. The number of hydrogen-bond donors (Lipinski definition) is 0. The van der Waals surface area contributed by atoms with E-state index in [1.807, 2.05) is 54.2 Å². The zero-order valence-corrected chi connectivity index (χ0v) is 17.7. The number of ether oxygens (including phenoxy) is 3. The highest BCUT2D eigenvalue weighted by atomic mass is 16.5. The molecular weight excluding hydrogens is 384 g/mol. The summed E-state index contributed by atoms with van der Waals surface area (Å²) >= 11 is 0. The Balaban J connectivity index is 1.47. The lowest BCUT2D eigenvalue weighted by Crippen LogP contribution is -2.37. The van der Waals surface area contributed by atoms with E-state index in [-0.39, 0.29) is 12.0 Å². The van der Waals surface area contributed by atoms with Gasteiger partial charge in [-0.25, -0.2) is 4.98 Å². The fourth-order valence-corrected chi connectivity index (χ4v) is 3.81. The number of carbonyl (C=O) groups excluding carboxylic acids is 1.